The average molecular weight is 554 g/mol. The fourth-order valence-electron chi connectivity index (χ4n) is 5.52. The fourth-order valence-corrected chi connectivity index (χ4v) is 5.52. The van der Waals surface area contributed by atoms with E-state index in [4.69, 9.17) is 4.74 Å². The highest BCUT2D eigenvalue weighted by Gasteiger charge is 2.35. The molecule has 0 aromatic heterocycles. The van der Waals surface area contributed by atoms with Gasteiger partial charge < -0.3 is 14.7 Å². The molecule has 9 heteroatoms. The van der Waals surface area contributed by atoms with E-state index in [9.17, 15) is 32.3 Å². The first-order valence-electron chi connectivity index (χ1n) is 13.0. The second-order valence-corrected chi connectivity index (χ2v) is 10.1. The van der Waals surface area contributed by atoms with Gasteiger partial charge in [0.15, 0.2) is 0 Å². The van der Waals surface area contributed by atoms with E-state index < -0.39 is 23.5 Å². The molecule has 0 saturated carbocycles. The van der Waals surface area contributed by atoms with Gasteiger partial charge in [-0.1, -0.05) is 23.8 Å². The number of ether oxygens (including phenoxy) is 1. The summed E-state index contributed by atoms with van der Waals surface area (Å²) in [7, 11) is 0. The first-order chi connectivity index (χ1) is 19.1. The number of hydrogen-bond acceptors (Lipinski definition) is 3. The zero-order chi connectivity index (χ0) is 28.4. The summed E-state index contributed by atoms with van der Waals surface area (Å²) >= 11 is 0. The normalized spacial score (nSPS) is 17.9. The van der Waals surface area contributed by atoms with Gasteiger partial charge in [-0.3, -0.25) is 4.79 Å². The van der Waals surface area contributed by atoms with E-state index in [2.05, 4.69) is 0 Å². The number of benzene rings is 3. The maximum atomic E-state index is 13.7. The summed E-state index contributed by atoms with van der Waals surface area (Å²) in [5.74, 6) is -1.40. The summed E-state index contributed by atoms with van der Waals surface area (Å²) in [6.07, 6.45) is -1.72. The summed E-state index contributed by atoms with van der Waals surface area (Å²) in [5, 5.41) is 9.37. The Morgan fingerprint density at radius 2 is 1.77 bits per heavy atom. The number of amides is 1. The zero-order valence-electron chi connectivity index (χ0n) is 21.5. The molecule has 1 atom stereocenters. The van der Waals surface area contributed by atoms with Crippen molar-refractivity contribution in [1.82, 2.24) is 0 Å². The Hall–Kier alpha value is -4.14. The van der Waals surface area contributed by atoms with Crippen LogP contribution >= 0.6 is 0 Å². The van der Waals surface area contributed by atoms with Crippen LogP contribution in [0.2, 0.25) is 0 Å². The number of allylic oxidation sites excluding steroid dienone is 1. The Labute approximate surface area is 228 Å². The van der Waals surface area contributed by atoms with Gasteiger partial charge in [0.1, 0.15) is 18.2 Å². The third kappa shape index (κ3) is 5.88. The number of carboxylic acids is 1. The van der Waals surface area contributed by atoms with Gasteiger partial charge in [-0.25, -0.2) is 9.18 Å². The number of alkyl halides is 3. The van der Waals surface area contributed by atoms with Gasteiger partial charge in [0, 0.05) is 24.2 Å². The van der Waals surface area contributed by atoms with Crippen LogP contribution in [-0.4, -0.2) is 23.5 Å². The second kappa shape index (κ2) is 11.2. The Morgan fingerprint density at radius 3 is 2.50 bits per heavy atom. The molecule has 208 valence electrons. The van der Waals surface area contributed by atoms with Crippen molar-refractivity contribution in [3.05, 3.63) is 100 Å². The van der Waals surface area contributed by atoms with Gasteiger partial charge in [-0.2, -0.15) is 13.2 Å². The number of aromatic carboxylic acids is 1. The molecule has 0 bridgehead atoms. The highest BCUT2D eigenvalue weighted by molar-refractivity contribution is 5.96. The quantitative estimate of drug-likeness (QED) is 0.308. The molecule has 1 aliphatic carbocycles. The van der Waals surface area contributed by atoms with E-state index in [1.54, 1.807) is 29.2 Å². The largest absolute Gasteiger partial charge is 0.488 e. The van der Waals surface area contributed by atoms with Gasteiger partial charge in [-0.05, 0) is 91.3 Å². The lowest BCUT2D eigenvalue weighted by molar-refractivity contribution is -0.137. The molecule has 1 fully saturated rings. The van der Waals surface area contributed by atoms with Crippen LogP contribution in [0.4, 0.5) is 23.2 Å². The molecule has 3 aromatic rings. The van der Waals surface area contributed by atoms with Crippen molar-refractivity contribution in [2.45, 2.75) is 44.9 Å². The smallest absolute Gasteiger partial charge is 0.416 e. The molecule has 0 spiro atoms. The van der Waals surface area contributed by atoms with Crippen LogP contribution in [-0.2, 0) is 17.6 Å². The number of piperidine rings is 1. The van der Waals surface area contributed by atoms with Gasteiger partial charge in [0.2, 0.25) is 5.91 Å². The predicted octanol–water partition coefficient (Wildman–Crippen LogP) is 7.50. The number of nitrogens with zero attached hydrogens (tertiary/aromatic N) is 1. The lowest BCUT2D eigenvalue weighted by Gasteiger charge is -2.34. The molecule has 5 nitrogen and oxygen atoms in total. The van der Waals surface area contributed by atoms with Crippen LogP contribution in [0.15, 0.2) is 72.3 Å². The molecule has 1 N–H and O–H groups in total. The summed E-state index contributed by atoms with van der Waals surface area (Å²) < 4.78 is 60.4. The predicted molar refractivity (Wildman–Crippen MR) is 141 cm³/mol. The van der Waals surface area contributed by atoms with Crippen molar-refractivity contribution in [2.24, 2.45) is 5.92 Å². The number of carbonyl (C=O) groups is 2. The Morgan fingerprint density at radius 1 is 1.00 bits per heavy atom. The molecular weight excluding hydrogens is 526 g/mol. The van der Waals surface area contributed by atoms with Crippen molar-refractivity contribution >= 4 is 23.1 Å². The van der Waals surface area contributed by atoms with E-state index in [0.29, 0.717) is 48.4 Å². The lowest BCUT2D eigenvalue weighted by atomic mass is 9.85. The summed E-state index contributed by atoms with van der Waals surface area (Å²) in [5.41, 5.74) is 2.62. The third-order valence-electron chi connectivity index (χ3n) is 7.51. The van der Waals surface area contributed by atoms with Gasteiger partial charge >= 0.3 is 12.1 Å². The third-order valence-corrected chi connectivity index (χ3v) is 7.51. The molecule has 3 aromatic carbocycles. The minimum Gasteiger partial charge on any atom is -0.488 e. The number of carboxylic acid groups (broad SMARTS) is 1. The molecular formula is C31H27F4NO4. The number of carbonyl (C=O) groups excluding carboxylic acids is 1. The Bertz CT molecular complexity index is 1460. The first-order valence-corrected chi connectivity index (χ1v) is 13.0. The maximum Gasteiger partial charge on any atom is 0.416 e. The highest BCUT2D eigenvalue weighted by Crippen LogP contribution is 2.45. The fraction of sp³-hybridized carbons (Fsp3) is 0.290. The van der Waals surface area contributed by atoms with Crippen molar-refractivity contribution in [3.8, 4) is 5.75 Å². The van der Waals surface area contributed by atoms with Crippen LogP contribution in [0.1, 0.15) is 59.2 Å². The summed E-state index contributed by atoms with van der Waals surface area (Å²) in [6.45, 7) is 0.373. The van der Waals surface area contributed by atoms with Crippen molar-refractivity contribution in [3.63, 3.8) is 0 Å². The maximum absolute atomic E-state index is 13.7. The van der Waals surface area contributed by atoms with Crippen LogP contribution in [0, 0.1) is 11.7 Å². The van der Waals surface area contributed by atoms with E-state index >= 15 is 0 Å². The number of hydrogen-bond donors (Lipinski definition) is 1. The Kier molecular flexibility index (Phi) is 7.65. The number of halogens is 4. The van der Waals surface area contributed by atoms with Crippen molar-refractivity contribution in [1.29, 1.82) is 0 Å². The molecule has 1 saturated heterocycles. The molecule has 1 heterocycles. The van der Waals surface area contributed by atoms with Crippen molar-refractivity contribution in [2.75, 3.05) is 11.4 Å². The first kappa shape index (κ1) is 27.4. The lowest BCUT2D eigenvalue weighted by Crippen LogP contribution is -2.40. The molecule has 1 unspecified atom stereocenters. The Balaban J connectivity index is 1.49. The average Bonchev–Trinajstić information content (AvgIpc) is 3.42. The summed E-state index contributed by atoms with van der Waals surface area (Å²) in [4.78, 5) is 25.9. The number of anilines is 1. The minimum atomic E-state index is -4.53. The van der Waals surface area contributed by atoms with Gasteiger partial charge in [0.25, 0.3) is 0 Å². The topological polar surface area (TPSA) is 66.8 Å². The highest BCUT2D eigenvalue weighted by atomic mass is 19.4. The molecule has 1 amide bonds. The van der Waals surface area contributed by atoms with E-state index in [1.807, 2.05) is 0 Å². The van der Waals surface area contributed by atoms with Crippen LogP contribution in [0.5, 0.6) is 5.75 Å². The molecule has 1 aliphatic heterocycles. The van der Waals surface area contributed by atoms with Crippen LogP contribution in [0.3, 0.4) is 0 Å². The minimum absolute atomic E-state index is 0.0624. The monoisotopic (exact) mass is 553 g/mol. The molecule has 5 rings (SSSR count). The SMILES string of the molecule is O=C(O)c1cccc(N2CC(C3=C(c4cc(C(F)(F)F)ccc4OCc4ccc(F)cc4)CCC3)CCC2=O)c1. The molecule has 2 aliphatic rings. The molecule has 0 radical (unpaired) electrons. The zero-order valence-corrected chi connectivity index (χ0v) is 21.5. The molecule has 40 heavy (non-hydrogen) atoms. The van der Waals surface area contributed by atoms with E-state index in [-0.39, 0.29) is 30.4 Å². The van der Waals surface area contributed by atoms with Gasteiger partial charge in [0.05, 0.1) is 11.1 Å². The van der Waals surface area contributed by atoms with E-state index in [0.717, 1.165) is 29.7 Å². The van der Waals surface area contributed by atoms with Crippen LogP contribution < -0.4 is 9.64 Å². The second-order valence-electron chi connectivity index (χ2n) is 10.1. The van der Waals surface area contributed by atoms with Gasteiger partial charge in [-0.15, -0.1) is 0 Å². The van der Waals surface area contributed by atoms with Crippen LogP contribution in [0.25, 0.3) is 5.57 Å². The van der Waals surface area contributed by atoms with E-state index in [1.165, 1.54) is 30.3 Å². The van der Waals surface area contributed by atoms with Crippen molar-refractivity contribution < 1.29 is 37.0 Å². The number of rotatable bonds is 7. The summed E-state index contributed by atoms with van der Waals surface area (Å²) in [6, 6.07) is 15.4. The standard InChI is InChI=1S/C31H27F4NO4/c32-23-11-7-19(8-12-23)18-40-28-13-10-22(31(33,34)35)16-27(28)26-6-2-5-25(26)21-9-14-29(37)36(17-21)24-4-1-3-20(15-24)30(38)39/h1,3-4,7-8,10-13,15-16,21H,2,5-6,9,14,17-18H2,(H,38,39).